The number of fused-ring (bicyclic) bond motifs is 1. The molecular formula is C7H7N3O4S. The average Bonchev–Trinajstić information content (AvgIpc) is 2.15. The minimum Gasteiger partial charge on any atom is -0.331 e. The first kappa shape index (κ1) is 9.84. The third kappa shape index (κ3) is 1.89. The Balaban J connectivity index is 2.44. The normalized spacial score (nSPS) is 22.8. The van der Waals surface area contributed by atoms with E-state index in [1.807, 2.05) is 0 Å². The fraction of sp³-hybridized carbons (Fsp3) is 0.286. The third-order valence-electron chi connectivity index (χ3n) is 2.03. The number of nitrogens with zero attached hydrogens (tertiary/aromatic N) is 3. The molecule has 0 spiro atoms. The summed E-state index contributed by atoms with van der Waals surface area (Å²) in [5, 5.41) is 10.5. The lowest BCUT2D eigenvalue weighted by Gasteiger charge is -2.24. The molecule has 0 N–H and O–H groups in total. The van der Waals surface area contributed by atoms with Gasteiger partial charge >= 0.3 is 0 Å². The smallest absolute Gasteiger partial charge is 0.274 e. The molecule has 2 rings (SSSR count). The summed E-state index contributed by atoms with van der Waals surface area (Å²) >= 11 is 0. The van der Waals surface area contributed by atoms with Crippen LogP contribution in [0.1, 0.15) is 0 Å². The summed E-state index contributed by atoms with van der Waals surface area (Å²) in [6.07, 6.45) is 3.93. The molecule has 8 heteroatoms. The lowest BCUT2D eigenvalue weighted by molar-refractivity contribution is -0.419. The average molecular weight is 229 g/mol. The zero-order valence-corrected chi connectivity index (χ0v) is 8.35. The number of amidine groups is 1. The summed E-state index contributed by atoms with van der Waals surface area (Å²) < 4.78 is 25.7. The van der Waals surface area contributed by atoms with Gasteiger partial charge in [0.25, 0.3) is 15.7 Å². The van der Waals surface area contributed by atoms with Gasteiger partial charge in [-0.3, -0.25) is 10.1 Å². The second-order valence-corrected chi connectivity index (χ2v) is 4.83. The van der Waals surface area contributed by atoms with Gasteiger partial charge < -0.3 is 4.90 Å². The molecule has 0 aromatic rings. The number of hydrogen-bond acceptors (Lipinski definition) is 5. The number of hydrogen-bond donors (Lipinski definition) is 0. The van der Waals surface area contributed by atoms with Crippen LogP contribution in [0.3, 0.4) is 0 Å². The molecule has 0 fully saturated rings. The van der Waals surface area contributed by atoms with Crippen LogP contribution in [0.15, 0.2) is 28.4 Å². The molecule has 80 valence electrons. The van der Waals surface area contributed by atoms with Crippen molar-refractivity contribution in [2.75, 3.05) is 12.3 Å². The molecule has 0 atom stereocenters. The van der Waals surface area contributed by atoms with Crippen LogP contribution in [0, 0.1) is 10.1 Å². The quantitative estimate of drug-likeness (QED) is 0.455. The highest BCUT2D eigenvalue weighted by atomic mass is 32.2. The van der Waals surface area contributed by atoms with E-state index >= 15 is 0 Å². The molecule has 0 aromatic heterocycles. The summed E-state index contributed by atoms with van der Waals surface area (Å²) in [5.74, 6) is 0.0399. The Morgan fingerprint density at radius 2 is 2.27 bits per heavy atom. The number of rotatable bonds is 1. The van der Waals surface area contributed by atoms with Crippen molar-refractivity contribution >= 4 is 15.9 Å². The minimum absolute atomic E-state index is 0.0670. The monoisotopic (exact) mass is 229 g/mol. The molecule has 0 aliphatic carbocycles. The van der Waals surface area contributed by atoms with Crippen LogP contribution >= 0.6 is 0 Å². The number of sulfonamides is 1. The van der Waals surface area contributed by atoms with Crippen molar-refractivity contribution in [2.24, 2.45) is 4.40 Å². The van der Waals surface area contributed by atoms with Gasteiger partial charge in [-0.1, -0.05) is 0 Å². The Kier molecular flexibility index (Phi) is 2.07. The van der Waals surface area contributed by atoms with E-state index in [-0.39, 0.29) is 23.8 Å². The second kappa shape index (κ2) is 3.16. The summed E-state index contributed by atoms with van der Waals surface area (Å²) in [7, 11) is -3.46. The first-order valence-electron chi connectivity index (χ1n) is 4.11. The van der Waals surface area contributed by atoms with Crippen LogP contribution in [-0.2, 0) is 10.0 Å². The van der Waals surface area contributed by atoms with Crippen LogP contribution in [0.4, 0.5) is 0 Å². The Morgan fingerprint density at radius 1 is 1.53 bits per heavy atom. The van der Waals surface area contributed by atoms with Crippen molar-refractivity contribution < 1.29 is 13.3 Å². The summed E-state index contributed by atoms with van der Waals surface area (Å²) in [5.41, 5.74) is -0.165. The van der Waals surface area contributed by atoms with Crippen molar-refractivity contribution in [3.05, 3.63) is 34.2 Å². The molecule has 15 heavy (non-hydrogen) atoms. The van der Waals surface area contributed by atoms with Crippen LogP contribution in [-0.4, -0.2) is 36.4 Å². The van der Waals surface area contributed by atoms with Crippen LogP contribution in [0.2, 0.25) is 0 Å². The molecule has 0 saturated heterocycles. The van der Waals surface area contributed by atoms with Crippen LogP contribution in [0.25, 0.3) is 0 Å². The lowest BCUT2D eigenvalue weighted by atomic mass is 10.3. The predicted octanol–water partition coefficient (Wildman–Crippen LogP) is -0.282. The van der Waals surface area contributed by atoms with E-state index in [2.05, 4.69) is 4.40 Å². The Labute approximate surface area is 85.6 Å². The maximum absolute atomic E-state index is 11.1. The van der Waals surface area contributed by atoms with E-state index in [0.29, 0.717) is 0 Å². The highest BCUT2D eigenvalue weighted by Gasteiger charge is 2.26. The molecule has 0 bridgehead atoms. The molecule has 2 aliphatic heterocycles. The van der Waals surface area contributed by atoms with E-state index < -0.39 is 14.9 Å². The van der Waals surface area contributed by atoms with Crippen molar-refractivity contribution in [1.29, 1.82) is 0 Å². The Bertz CT molecular complexity index is 502. The van der Waals surface area contributed by atoms with Gasteiger partial charge in [0.1, 0.15) is 0 Å². The van der Waals surface area contributed by atoms with E-state index in [9.17, 15) is 18.5 Å². The lowest BCUT2D eigenvalue weighted by Crippen LogP contribution is -2.36. The molecule has 7 nitrogen and oxygen atoms in total. The zero-order valence-electron chi connectivity index (χ0n) is 7.53. The highest BCUT2D eigenvalue weighted by molar-refractivity contribution is 7.90. The van der Waals surface area contributed by atoms with Gasteiger partial charge in [-0.2, -0.15) is 0 Å². The minimum atomic E-state index is -3.46. The Morgan fingerprint density at radius 3 is 2.93 bits per heavy atom. The van der Waals surface area contributed by atoms with Gasteiger partial charge in [-0.15, -0.1) is 4.40 Å². The van der Waals surface area contributed by atoms with Crippen molar-refractivity contribution in [3.63, 3.8) is 0 Å². The topological polar surface area (TPSA) is 92.9 Å². The Hall–Kier alpha value is -1.70. The largest absolute Gasteiger partial charge is 0.331 e. The molecule has 0 radical (unpaired) electrons. The van der Waals surface area contributed by atoms with E-state index in [1.54, 1.807) is 4.90 Å². The summed E-state index contributed by atoms with van der Waals surface area (Å²) in [6, 6.07) is 0. The van der Waals surface area contributed by atoms with Crippen LogP contribution < -0.4 is 0 Å². The van der Waals surface area contributed by atoms with Gasteiger partial charge in [0.05, 0.1) is 16.8 Å². The maximum Gasteiger partial charge on any atom is 0.274 e. The highest BCUT2D eigenvalue weighted by Crippen LogP contribution is 2.15. The van der Waals surface area contributed by atoms with Crippen LogP contribution in [0.5, 0.6) is 0 Å². The van der Waals surface area contributed by atoms with Gasteiger partial charge in [0.15, 0.2) is 5.84 Å². The fourth-order valence-electron chi connectivity index (χ4n) is 1.29. The van der Waals surface area contributed by atoms with E-state index in [1.165, 1.54) is 12.3 Å². The van der Waals surface area contributed by atoms with Crippen molar-refractivity contribution in [2.45, 2.75) is 0 Å². The molecule has 0 aromatic carbocycles. The summed E-state index contributed by atoms with van der Waals surface area (Å²) in [6.45, 7) is 0.277. The van der Waals surface area contributed by atoms with Gasteiger partial charge in [0.2, 0.25) is 0 Å². The third-order valence-corrected chi connectivity index (χ3v) is 3.19. The van der Waals surface area contributed by atoms with Crippen molar-refractivity contribution in [1.82, 2.24) is 4.90 Å². The summed E-state index contributed by atoms with van der Waals surface area (Å²) in [4.78, 5) is 11.4. The predicted molar refractivity (Wildman–Crippen MR) is 52.1 cm³/mol. The zero-order chi connectivity index (χ0) is 11.1. The molecule has 0 saturated carbocycles. The standard InChI is InChI=1S/C7H7N3O4S/c11-10(12)6-1-2-9-3-4-15(13,14)8-7(9)5-6/h1-2,5H,3-4H2. The van der Waals surface area contributed by atoms with Gasteiger partial charge in [0, 0.05) is 18.8 Å². The molecule has 0 unspecified atom stereocenters. The molecule has 2 heterocycles. The van der Waals surface area contributed by atoms with Crippen molar-refractivity contribution in [3.8, 4) is 0 Å². The molecule has 2 aliphatic rings. The number of nitro groups is 1. The number of allylic oxidation sites excluding steroid dienone is 1. The van der Waals surface area contributed by atoms with Gasteiger partial charge in [-0.05, 0) is 0 Å². The first-order chi connectivity index (χ1) is 6.98. The first-order valence-corrected chi connectivity index (χ1v) is 5.72. The fourth-order valence-corrected chi connectivity index (χ4v) is 2.25. The van der Waals surface area contributed by atoms with Gasteiger partial charge in [-0.25, -0.2) is 8.42 Å². The van der Waals surface area contributed by atoms with E-state index in [4.69, 9.17) is 0 Å². The second-order valence-electron chi connectivity index (χ2n) is 3.07. The maximum atomic E-state index is 11.1. The molecular weight excluding hydrogens is 222 g/mol. The SMILES string of the molecule is O=[N+]([O-])C1=CC2=NS(=O)(=O)CCN2C=C1. The molecule has 0 amide bonds. The van der Waals surface area contributed by atoms with E-state index in [0.717, 1.165) is 6.08 Å².